The van der Waals surface area contributed by atoms with Crippen LogP contribution in [0, 0.1) is 0 Å². The summed E-state index contributed by atoms with van der Waals surface area (Å²) < 4.78 is 43.6. The average Bonchev–Trinajstić information content (AvgIpc) is 3.33. The van der Waals surface area contributed by atoms with Crippen molar-refractivity contribution in [2.45, 2.75) is 43.8 Å². The van der Waals surface area contributed by atoms with Crippen LogP contribution in [0.5, 0.6) is 0 Å². The summed E-state index contributed by atoms with van der Waals surface area (Å²) in [5.74, 6) is -1.67. The predicted molar refractivity (Wildman–Crippen MR) is 106 cm³/mol. The maximum atomic E-state index is 14.3. The molecule has 2 unspecified atom stereocenters. The first-order chi connectivity index (χ1) is 14.1. The van der Waals surface area contributed by atoms with Gasteiger partial charge >= 0.3 is 6.18 Å². The van der Waals surface area contributed by atoms with Gasteiger partial charge in [0.15, 0.2) is 0 Å². The van der Waals surface area contributed by atoms with E-state index in [1.54, 1.807) is 0 Å². The number of amides is 1. The van der Waals surface area contributed by atoms with Gasteiger partial charge < -0.3 is 10.0 Å². The van der Waals surface area contributed by atoms with Gasteiger partial charge in [-0.15, -0.1) is 0 Å². The molecule has 1 aromatic carbocycles. The second kappa shape index (κ2) is 7.83. The third kappa shape index (κ3) is 3.54. The first kappa shape index (κ1) is 21.6. The van der Waals surface area contributed by atoms with Crippen molar-refractivity contribution in [1.82, 2.24) is 19.8 Å². The van der Waals surface area contributed by atoms with E-state index in [2.05, 4.69) is 20.5 Å². The maximum Gasteiger partial charge on any atom is 0.435 e. The van der Waals surface area contributed by atoms with Crippen LogP contribution < -0.4 is 10.6 Å². The lowest BCUT2D eigenvalue weighted by molar-refractivity contribution is -0.225. The van der Waals surface area contributed by atoms with Crippen LogP contribution in [0.25, 0.3) is 11.0 Å². The Labute approximate surface area is 180 Å². The SMILES string of the molecule is O=C1Nc2nc3cc(Cl)c(Cl)cc3n2C1(NC(O)CCCN1CCCC1)C(F)(F)F. The van der Waals surface area contributed by atoms with E-state index in [-0.39, 0.29) is 33.4 Å². The zero-order chi connectivity index (χ0) is 21.7. The van der Waals surface area contributed by atoms with Gasteiger partial charge in [-0.2, -0.15) is 13.2 Å². The molecule has 0 saturated carbocycles. The lowest BCUT2D eigenvalue weighted by atomic mass is 10.1. The molecule has 0 aliphatic carbocycles. The molecular formula is C18H20Cl2F3N5O2. The Morgan fingerprint density at radius 2 is 1.93 bits per heavy atom. The molecule has 30 heavy (non-hydrogen) atoms. The highest BCUT2D eigenvalue weighted by molar-refractivity contribution is 6.42. The Morgan fingerprint density at radius 1 is 1.27 bits per heavy atom. The van der Waals surface area contributed by atoms with Gasteiger partial charge in [0.05, 0.1) is 21.1 Å². The number of likely N-dealkylation sites (tertiary alicyclic amines) is 1. The lowest BCUT2D eigenvalue weighted by Gasteiger charge is -2.34. The molecule has 1 fully saturated rings. The Kier molecular flexibility index (Phi) is 5.65. The number of fused-ring (bicyclic) bond motifs is 3. The molecule has 164 valence electrons. The van der Waals surface area contributed by atoms with Gasteiger partial charge in [-0.05, 0) is 57.5 Å². The molecule has 12 heteroatoms. The Bertz CT molecular complexity index is 977. The number of carbonyl (C=O) groups is 1. The molecule has 1 aromatic heterocycles. The second-order valence-electron chi connectivity index (χ2n) is 7.54. The number of aliphatic hydroxyl groups is 1. The smallest absolute Gasteiger partial charge is 0.379 e. The van der Waals surface area contributed by atoms with E-state index in [0.717, 1.165) is 25.9 Å². The van der Waals surface area contributed by atoms with Crippen LogP contribution in [0.4, 0.5) is 19.1 Å². The van der Waals surface area contributed by atoms with Crippen molar-refractivity contribution < 1.29 is 23.1 Å². The minimum absolute atomic E-state index is 0.0217. The van der Waals surface area contributed by atoms with Crippen molar-refractivity contribution in [3.8, 4) is 0 Å². The monoisotopic (exact) mass is 465 g/mol. The van der Waals surface area contributed by atoms with Gasteiger partial charge in [-0.3, -0.25) is 20.0 Å². The fraction of sp³-hybridized carbons (Fsp3) is 0.556. The van der Waals surface area contributed by atoms with Crippen molar-refractivity contribution in [1.29, 1.82) is 0 Å². The average molecular weight is 466 g/mol. The van der Waals surface area contributed by atoms with E-state index < -0.39 is 24.0 Å². The molecule has 4 rings (SSSR count). The number of imidazole rings is 1. The topological polar surface area (TPSA) is 82.4 Å². The van der Waals surface area contributed by atoms with Gasteiger partial charge in [0.1, 0.15) is 6.23 Å². The number of hydrogen-bond acceptors (Lipinski definition) is 5. The molecule has 0 radical (unpaired) electrons. The molecule has 3 heterocycles. The normalized spacial score (nSPS) is 23.2. The van der Waals surface area contributed by atoms with E-state index in [4.69, 9.17) is 23.2 Å². The minimum Gasteiger partial charge on any atom is -0.379 e. The second-order valence-corrected chi connectivity index (χ2v) is 8.35. The molecule has 3 N–H and O–H groups in total. The number of hydrogen-bond donors (Lipinski definition) is 3. The maximum absolute atomic E-state index is 14.3. The first-order valence-electron chi connectivity index (χ1n) is 9.58. The highest BCUT2D eigenvalue weighted by Gasteiger charge is 2.67. The van der Waals surface area contributed by atoms with E-state index in [0.29, 0.717) is 17.5 Å². The summed E-state index contributed by atoms with van der Waals surface area (Å²) in [5, 5.41) is 14.8. The highest BCUT2D eigenvalue weighted by atomic mass is 35.5. The van der Waals surface area contributed by atoms with Crippen LogP contribution in [0.2, 0.25) is 10.0 Å². The number of rotatable bonds is 6. The number of carbonyl (C=O) groups excluding carboxylic acids is 1. The summed E-state index contributed by atoms with van der Waals surface area (Å²) >= 11 is 11.9. The zero-order valence-electron chi connectivity index (χ0n) is 15.8. The fourth-order valence-corrected chi connectivity index (χ4v) is 4.40. The summed E-state index contributed by atoms with van der Waals surface area (Å²) in [6.07, 6.45) is -3.90. The molecule has 2 aliphatic rings. The van der Waals surface area contributed by atoms with E-state index in [1.807, 2.05) is 0 Å². The van der Waals surface area contributed by atoms with Crippen LogP contribution in [-0.4, -0.2) is 57.5 Å². The molecule has 1 saturated heterocycles. The molecule has 0 spiro atoms. The van der Waals surface area contributed by atoms with Crippen LogP contribution in [0.1, 0.15) is 25.7 Å². The number of nitrogens with one attached hydrogen (secondary N) is 2. The number of aromatic nitrogens is 2. The molecule has 2 atom stereocenters. The summed E-state index contributed by atoms with van der Waals surface area (Å²) in [5.41, 5.74) is -3.12. The van der Waals surface area contributed by atoms with Crippen LogP contribution in [0.3, 0.4) is 0 Å². The van der Waals surface area contributed by atoms with E-state index >= 15 is 0 Å². The third-order valence-electron chi connectivity index (χ3n) is 5.52. The van der Waals surface area contributed by atoms with Gasteiger partial charge in [0, 0.05) is 0 Å². The summed E-state index contributed by atoms with van der Waals surface area (Å²) in [7, 11) is 0. The summed E-state index contributed by atoms with van der Waals surface area (Å²) in [4.78, 5) is 18.8. The lowest BCUT2D eigenvalue weighted by Crippen LogP contribution is -2.64. The fourth-order valence-electron chi connectivity index (χ4n) is 4.08. The van der Waals surface area contributed by atoms with Crippen molar-refractivity contribution in [3.63, 3.8) is 0 Å². The number of anilines is 1. The number of alkyl halides is 3. The van der Waals surface area contributed by atoms with Crippen molar-refractivity contribution in [2.24, 2.45) is 0 Å². The quantitative estimate of drug-likeness (QED) is 0.570. The van der Waals surface area contributed by atoms with Crippen LogP contribution in [-0.2, 0) is 10.5 Å². The van der Waals surface area contributed by atoms with Gasteiger partial charge in [-0.1, -0.05) is 23.2 Å². The summed E-state index contributed by atoms with van der Waals surface area (Å²) in [6, 6.07) is 2.54. The van der Waals surface area contributed by atoms with Crippen molar-refractivity contribution >= 4 is 46.1 Å². The molecule has 2 aromatic rings. The third-order valence-corrected chi connectivity index (χ3v) is 6.24. The van der Waals surface area contributed by atoms with Gasteiger partial charge in [0.25, 0.3) is 11.6 Å². The predicted octanol–water partition coefficient (Wildman–Crippen LogP) is 3.29. The number of aliphatic hydroxyl groups excluding tert-OH is 1. The standard InChI is InChI=1S/C18H20Cl2F3N5O2/c19-10-8-12-13(9-11(10)20)28-16(24-12)25-15(30)17(28,18(21,22)23)26-14(29)4-3-7-27-5-1-2-6-27/h8-9,14,26,29H,1-7H2,(H,24,25,30). The minimum atomic E-state index is -5.07. The molecular weight excluding hydrogens is 446 g/mol. The van der Waals surface area contributed by atoms with Crippen molar-refractivity contribution in [3.05, 3.63) is 22.2 Å². The number of nitrogens with zero attached hydrogens (tertiary/aromatic N) is 3. The van der Waals surface area contributed by atoms with Crippen LogP contribution >= 0.6 is 23.2 Å². The first-order valence-corrected chi connectivity index (χ1v) is 10.3. The number of halogens is 5. The van der Waals surface area contributed by atoms with Gasteiger partial charge in [0.2, 0.25) is 5.95 Å². The Morgan fingerprint density at radius 3 is 2.60 bits per heavy atom. The Balaban J connectivity index is 1.65. The highest BCUT2D eigenvalue weighted by Crippen LogP contribution is 2.45. The van der Waals surface area contributed by atoms with Crippen LogP contribution in [0.15, 0.2) is 12.1 Å². The van der Waals surface area contributed by atoms with E-state index in [9.17, 15) is 23.1 Å². The molecule has 0 bridgehead atoms. The number of benzene rings is 1. The molecule has 1 amide bonds. The largest absolute Gasteiger partial charge is 0.435 e. The Hall–Kier alpha value is -1.59. The molecule has 7 nitrogen and oxygen atoms in total. The van der Waals surface area contributed by atoms with E-state index in [1.165, 1.54) is 12.1 Å². The zero-order valence-corrected chi connectivity index (χ0v) is 17.3. The van der Waals surface area contributed by atoms with Gasteiger partial charge in [-0.25, -0.2) is 4.98 Å². The van der Waals surface area contributed by atoms with Crippen molar-refractivity contribution in [2.75, 3.05) is 25.0 Å². The molecule has 2 aliphatic heterocycles. The summed E-state index contributed by atoms with van der Waals surface area (Å²) in [6.45, 7) is 2.58.